The van der Waals surface area contributed by atoms with Crippen molar-refractivity contribution in [2.45, 2.75) is 40.2 Å². The van der Waals surface area contributed by atoms with Crippen molar-refractivity contribution >= 4 is 52.4 Å². The Morgan fingerprint density at radius 2 is 1.71 bits per heavy atom. The lowest BCUT2D eigenvalue weighted by Crippen LogP contribution is -2.47. The Morgan fingerprint density at radius 3 is 2.43 bits per heavy atom. The standard InChI is InChI=1S/C33H37N5O3.ClH/c1-6-38-28-14-13-24(18-29(28)36(5)31(40)33(2,3)32(38)41)21-37(17-15-23-10-9-16-34-20-23)30(39)19-25-22-35(4)27-12-8-7-11-26(25)27;/h7-14,16,18,20,22H,6,15,17,19,21H2,1-5H3;1H. The van der Waals surface area contributed by atoms with Gasteiger partial charge in [-0.25, -0.2) is 0 Å². The predicted molar refractivity (Wildman–Crippen MR) is 169 cm³/mol. The van der Waals surface area contributed by atoms with Crippen LogP contribution in [0.5, 0.6) is 0 Å². The molecule has 0 spiro atoms. The lowest BCUT2D eigenvalue weighted by Gasteiger charge is -2.27. The fraction of sp³-hybridized carbons (Fsp3) is 0.333. The van der Waals surface area contributed by atoms with Crippen LogP contribution in [0.25, 0.3) is 10.9 Å². The summed E-state index contributed by atoms with van der Waals surface area (Å²) in [6.07, 6.45) is 6.55. The monoisotopic (exact) mass is 587 g/mol. The van der Waals surface area contributed by atoms with Gasteiger partial charge >= 0.3 is 0 Å². The number of benzene rings is 2. The van der Waals surface area contributed by atoms with Gasteiger partial charge in [0, 0.05) is 63.2 Å². The van der Waals surface area contributed by atoms with Crippen molar-refractivity contribution in [3.05, 3.63) is 89.9 Å². The number of aryl methyl sites for hydroxylation is 1. The highest BCUT2D eigenvalue weighted by atomic mass is 35.5. The summed E-state index contributed by atoms with van der Waals surface area (Å²) in [5.41, 5.74) is 4.23. The average Bonchev–Trinajstić information content (AvgIpc) is 3.28. The molecule has 3 heterocycles. The predicted octanol–water partition coefficient (Wildman–Crippen LogP) is 5.16. The molecule has 1 aliphatic heterocycles. The first-order valence-electron chi connectivity index (χ1n) is 14.0. The SMILES string of the molecule is CCN1C(=O)C(C)(C)C(=O)N(C)c2cc(CN(CCc3cccnc3)C(=O)Cc3cn(C)c4ccccc34)ccc21.Cl. The second-order valence-electron chi connectivity index (χ2n) is 11.2. The van der Waals surface area contributed by atoms with E-state index >= 15 is 0 Å². The number of carbonyl (C=O) groups excluding carboxylic acids is 3. The van der Waals surface area contributed by atoms with Gasteiger partial charge in [0.15, 0.2) is 0 Å². The Kier molecular flexibility index (Phi) is 9.06. The van der Waals surface area contributed by atoms with E-state index in [0.29, 0.717) is 37.4 Å². The summed E-state index contributed by atoms with van der Waals surface area (Å²) < 4.78 is 2.06. The molecule has 0 fully saturated rings. The van der Waals surface area contributed by atoms with Crippen molar-refractivity contribution < 1.29 is 14.4 Å². The van der Waals surface area contributed by atoms with Crippen molar-refractivity contribution in [1.82, 2.24) is 14.5 Å². The third-order valence-electron chi connectivity index (χ3n) is 8.07. The number of rotatable bonds is 8. The Bertz CT molecular complexity index is 1610. The fourth-order valence-corrected chi connectivity index (χ4v) is 5.71. The number of para-hydroxylation sites is 1. The van der Waals surface area contributed by atoms with E-state index in [-0.39, 0.29) is 36.5 Å². The molecule has 2 aromatic carbocycles. The third kappa shape index (κ3) is 5.77. The summed E-state index contributed by atoms with van der Waals surface area (Å²) in [6.45, 7) is 6.62. The smallest absolute Gasteiger partial charge is 0.242 e. The van der Waals surface area contributed by atoms with E-state index in [1.165, 1.54) is 0 Å². The normalized spacial score (nSPS) is 14.4. The average molecular weight is 588 g/mol. The minimum absolute atomic E-state index is 0. The summed E-state index contributed by atoms with van der Waals surface area (Å²) >= 11 is 0. The minimum atomic E-state index is -1.17. The van der Waals surface area contributed by atoms with Gasteiger partial charge in [-0.2, -0.15) is 0 Å². The zero-order valence-corrected chi connectivity index (χ0v) is 25.6. The van der Waals surface area contributed by atoms with E-state index in [9.17, 15) is 14.4 Å². The summed E-state index contributed by atoms with van der Waals surface area (Å²) in [5.74, 6) is -0.444. The lowest BCUT2D eigenvalue weighted by atomic mass is 9.90. The van der Waals surface area contributed by atoms with Crippen LogP contribution in [0.4, 0.5) is 11.4 Å². The molecule has 220 valence electrons. The van der Waals surface area contributed by atoms with Crippen LogP contribution in [-0.4, -0.2) is 52.3 Å². The lowest BCUT2D eigenvalue weighted by molar-refractivity contribution is -0.137. The molecule has 2 aromatic heterocycles. The molecule has 8 nitrogen and oxygen atoms in total. The molecule has 9 heteroatoms. The Balaban J connectivity index is 0.00000405. The molecule has 0 bridgehead atoms. The maximum absolute atomic E-state index is 13.9. The Hall–Kier alpha value is -4.17. The van der Waals surface area contributed by atoms with E-state index in [2.05, 4.69) is 21.7 Å². The number of carbonyl (C=O) groups is 3. The Labute approximate surface area is 253 Å². The number of hydrogen-bond acceptors (Lipinski definition) is 4. The van der Waals surface area contributed by atoms with Gasteiger partial charge in [-0.3, -0.25) is 19.4 Å². The quantitative estimate of drug-likeness (QED) is 0.267. The van der Waals surface area contributed by atoms with Gasteiger partial charge in [0.1, 0.15) is 5.41 Å². The molecule has 4 aromatic rings. The molecule has 0 unspecified atom stereocenters. The second-order valence-corrected chi connectivity index (χ2v) is 11.2. The third-order valence-corrected chi connectivity index (χ3v) is 8.07. The van der Waals surface area contributed by atoms with Crippen LogP contribution in [0.3, 0.4) is 0 Å². The highest BCUT2D eigenvalue weighted by molar-refractivity contribution is 6.19. The molecule has 3 amide bonds. The number of hydrogen-bond donors (Lipinski definition) is 0. The van der Waals surface area contributed by atoms with Gasteiger partial charge < -0.3 is 19.3 Å². The number of pyridine rings is 1. The number of aromatic nitrogens is 2. The molecule has 0 aliphatic carbocycles. The second kappa shape index (κ2) is 12.4. The van der Waals surface area contributed by atoms with Crippen molar-refractivity contribution in [2.24, 2.45) is 12.5 Å². The molecular weight excluding hydrogens is 550 g/mol. The van der Waals surface area contributed by atoms with E-state index < -0.39 is 5.41 Å². The van der Waals surface area contributed by atoms with Crippen LogP contribution in [-0.2, 0) is 40.8 Å². The Morgan fingerprint density at radius 1 is 0.952 bits per heavy atom. The summed E-state index contributed by atoms with van der Waals surface area (Å²) in [7, 11) is 3.71. The van der Waals surface area contributed by atoms with Crippen molar-refractivity contribution in [3.63, 3.8) is 0 Å². The molecule has 0 N–H and O–H groups in total. The maximum atomic E-state index is 13.9. The minimum Gasteiger partial charge on any atom is -0.350 e. The zero-order valence-electron chi connectivity index (χ0n) is 24.8. The number of anilines is 2. The van der Waals surface area contributed by atoms with Crippen LogP contribution in [0.2, 0.25) is 0 Å². The first kappa shape index (κ1) is 30.8. The van der Waals surface area contributed by atoms with Crippen LogP contribution in [0.15, 0.2) is 73.2 Å². The van der Waals surface area contributed by atoms with Gasteiger partial charge in [0.25, 0.3) is 0 Å². The van der Waals surface area contributed by atoms with E-state index in [1.807, 2.05) is 73.7 Å². The number of amides is 3. The molecule has 0 saturated carbocycles. The van der Waals surface area contributed by atoms with E-state index in [1.54, 1.807) is 36.9 Å². The molecule has 0 atom stereocenters. The molecule has 0 saturated heterocycles. The van der Waals surface area contributed by atoms with E-state index in [4.69, 9.17) is 0 Å². The summed E-state index contributed by atoms with van der Waals surface area (Å²) in [5, 5.41) is 1.08. The zero-order chi connectivity index (χ0) is 29.3. The molecule has 5 rings (SSSR count). The number of fused-ring (bicyclic) bond motifs is 2. The molecular formula is C33H38ClN5O3. The molecule has 1 aliphatic rings. The van der Waals surface area contributed by atoms with Crippen LogP contribution >= 0.6 is 12.4 Å². The maximum Gasteiger partial charge on any atom is 0.242 e. The summed E-state index contributed by atoms with van der Waals surface area (Å²) in [6, 6.07) is 17.8. The van der Waals surface area contributed by atoms with Gasteiger partial charge in [-0.15, -0.1) is 12.4 Å². The van der Waals surface area contributed by atoms with Crippen LogP contribution in [0.1, 0.15) is 37.5 Å². The van der Waals surface area contributed by atoms with E-state index in [0.717, 1.165) is 27.6 Å². The van der Waals surface area contributed by atoms with Gasteiger partial charge in [-0.05, 0) is 68.1 Å². The van der Waals surface area contributed by atoms with Gasteiger partial charge in [0.2, 0.25) is 17.7 Å². The molecule has 0 radical (unpaired) electrons. The first-order chi connectivity index (χ1) is 19.6. The van der Waals surface area contributed by atoms with Crippen molar-refractivity contribution in [3.8, 4) is 0 Å². The largest absolute Gasteiger partial charge is 0.350 e. The fourth-order valence-electron chi connectivity index (χ4n) is 5.71. The molecule has 42 heavy (non-hydrogen) atoms. The number of halogens is 1. The van der Waals surface area contributed by atoms with Gasteiger partial charge in [0.05, 0.1) is 17.8 Å². The van der Waals surface area contributed by atoms with Crippen molar-refractivity contribution in [1.29, 1.82) is 0 Å². The topological polar surface area (TPSA) is 78.8 Å². The van der Waals surface area contributed by atoms with Crippen LogP contribution in [0, 0.1) is 5.41 Å². The summed E-state index contributed by atoms with van der Waals surface area (Å²) in [4.78, 5) is 49.8. The highest BCUT2D eigenvalue weighted by Crippen LogP contribution is 2.39. The number of nitrogens with zero attached hydrogens (tertiary/aromatic N) is 5. The first-order valence-corrected chi connectivity index (χ1v) is 14.0. The van der Waals surface area contributed by atoms with Gasteiger partial charge in [-0.1, -0.05) is 30.3 Å². The van der Waals surface area contributed by atoms with Crippen LogP contribution < -0.4 is 9.80 Å². The van der Waals surface area contributed by atoms with Crippen molar-refractivity contribution in [2.75, 3.05) is 29.9 Å². The highest BCUT2D eigenvalue weighted by Gasteiger charge is 2.45.